The van der Waals surface area contributed by atoms with Gasteiger partial charge in [-0.1, -0.05) is 6.07 Å². The van der Waals surface area contributed by atoms with Gasteiger partial charge in [-0.15, -0.1) is 11.3 Å². The van der Waals surface area contributed by atoms with Crippen LogP contribution in [0.4, 0.5) is 4.39 Å². The summed E-state index contributed by atoms with van der Waals surface area (Å²) in [4.78, 5) is 15.7. The molecule has 1 amide bonds. The molecule has 3 nitrogen and oxygen atoms in total. The van der Waals surface area contributed by atoms with Crippen LogP contribution in [0, 0.1) is 5.82 Å². The fraction of sp³-hybridized carbons (Fsp3) is 0.312. The summed E-state index contributed by atoms with van der Waals surface area (Å²) in [6.07, 6.45) is 2.02. The van der Waals surface area contributed by atoms with Crippen molar-refractivity contribution in [2.45, 2.75) is 25.4 Å². The smallest absolute Gasteiger partial charge is 0.258 e. The van der Waals surface area contributed by atoms with Crippen molar-refractivity contribution in [3.8, 4) is 5.75 Å². The lowest BCUT2D eigenvalue weighted by atomic mass is 10.1. The number of carbonyl (C=O) groups excluding carboxylic acids is 1. The van der Waals surface area contributed by atoms with Crippen LogP contribution in [0.25, 0.3) is 0 Å². The molecule has 5 heteroatoms. The molecule has 0 aliphatic heterocycles. The summed E-state index contributed by atoms with van der Waals surface area (Å²) < 4.78 is 18.7. The molecule has 0 N–H and O–H groups in total. The third-order valence-electron chi connectivity index (χ3n) is 3.55. The van der Waals surface area contributed by atoms with Gasteiger partial charge >= 0.3 is 0 Å². The molecule has 1 saturated carbocycles. The van der Waals surface area contributed by atoms with Crippen LogP contribution in [0.15, 0.2) is 35.7 Å². The molecule has 0 saturated heterocycles. The van der Waals surface area contributed by atoms with Gasteiger partial charge in [-0.3, -0.25) is 4.79 Å². The molecule has 2 aromatic rings. The molecule has 0 unspecified atom stereocenters. The van der Waals surface area contributed by atoms with Crippen LogP contribution in [0.1, 0.15) is 28.1 Å². The van der Waals surface area contributed by atoms with Gasteiger partial charge in [0.1, 0.15) is 11.6 Å². The zero-order chi connectivity index (χ0) is 14.8. The lowest BCUT2D eigenvalue weighted by Crippen LogP contribution is -2.32. The van der Waals surface area contributed by atoms with Crippen LogP contribution in [0.2, 0.25) is 0 Å². The molecule has 0 atom stereocenters. The average molecular weight is 305 g/mol. The van der Waals surface area contributed by atoms with Gasteiger partial charge in [-0.2, -0.15) is 0 Å². The van der Waals surface area contributed by atoms with Gasteiger partial charge in [0, 0.05) is 10.9 Å². The van der Waals surface area contributed by atoms with Gasteiger partial charge in [0.25, 0.3) is 5.91 Å². The molecule has 1 aromatic carbocycles. The molecular formula is C16H16FNO2S. The molecule has 1 aliphatic rings. The summed E-state index contributed by atoms with van der Waals surface area (Å²) in [5.41, 5.74) is 0.293. The molecule has 0 radical (unpaired) electrons. The zero-order valence-electron chi connectivity index (χ0n) is 11.7. The summed E-state index contributed by atoms with van der Waals surface area (Å²) >= 11 is 1.62. The van der Waals surface area contributed by atoms with E-state index in [9.17, 15) is 9.18 Å². The van der Waals surface area contributed by atoms with E-state index in [1.807, 2.05) is 22.4 Å². The Hall–Kier alpha value is -1.88. The van der Waals surface area contributed by atoms with Crippen molar-refractivity contribution in [3.63, 3.8) is 0 Å². The summed E-state index contributed by atoms with van der Waals surface area (Å²) in [6.45, 7) is 0.570. The van der Waals surface area contributed by atoms with Crippen LogP contribution in [0.3, 0.4) is 0 Å². The first kappa shape index (κ1) is 14.1. The highest BCUT2D eigenvalue weighted by atomic mass is 32.1. The fourth-order valence-corrected chi connectivity index (χ4v) is 3.03. The Kier molecular flexibility index (Phi) is 3.92. The van der Waals surface area contributed by atoms with Crippen molar-refractivity contribution in [2.75, 3.05) is 7.11 Å². The molecule has 1 aromatic heterocycles. The highest BCUT2D eigenvalue weighted by molar-refractivity contribution is 7.09. The Labute approximate surface area is 127 Å². The van der Waals surface area contributed by atoms with E-state index in [-0.39, 0.29) is 11.9 Å². The number of carbonyl (C=O) groups is 1. The highest BCUT2D eigenvalue weighted by Crippen LogP contribution is 2.32. The lowest BCUT2D eigenvalue weighted by molar-refractivity contribution is 0.0727. The predicted octanol–water partition coefficient (Wildman–Crippen LogP) is 3.70. The minimum Gasteiger partial charge on any atom is -0.496 e. The molecule has 21 heavy (non-hydrogen) atoms. The van der Waals surface area contributed by atoms with Crippen molar-refractivity contribution in [1.29, 1.82) is 0 Å². The summed E-state index contributed by atoms with van der Waals surface area (Å²) in [7, 11) is 1.49. The van der Waals surface area contributed by atoms with Crippen LogP contribution >= 0.6 is 11.3 Å². The maximum absolute atomic E-state index is 13.5. The number of halogens is 1. The van der Waals surface area contributed by atoms with Gasteiger partial charge < -0.3 is 9.64 Å². The number of methoxy groups -OCH3 is 1. The fourth-order valence-electron chi connectivity index (χ4n) is 2.33. The number of amides is 1. The van der Waals surface area contributed by atoms with E-state index in [0.717, 1.165) is 17.7 Å². The quantitative estimate of drug-likeness (QED) is 0.843. The van der Waals surface area contributed by atoms with Crippen molar-refractivity contribution in [2.24, 2.45) is 0 Å². The van der Waals surface area contributed by atoms with Crippen molar-refractivity contribution in [1.82, 2.24) is 4.90 Å². The summed E-state index contributed by atoms with van der Waals surface area (Å²) in [5.74, 6) is -0.175. The van der Waals surface area contributed by atoms with Gasteiger partial charge in [0.05, 0.1) is 19.2 Å². The largest absolute Gasteiger partial charge is 0.496 e. The Balaban J connectivity index is 1.89. The highest BCUT2D eigenvalue weighted by Gasteiger charge is 2.34. The second-order valence-electron chi connectivity index (χ2n) is 5.09. The minimum absolute atomic E-state index is 0.165. The van der Waals surface area contributed by atoms with E-state index >= 15 is 0 Å². The standard InChI is InChI=1S/C16H16FNO2S/c1-20-15-7-4-11(17)9-14(15)16(19)18(12-5-6-12)10-13-3-2-8-21-13/h2-4,7-9,12H,5-6,10H2,1H3. The third-order valence-corrected chi connectivity index (χ3v) is 4.41. The number of rotatable bonds is 5. The maximum atomic E-state index is 13.5. The van der Waals surface area contributed by atoms with Crippen molar-refractivity contribution < 1.29 is 13.9 Å². The SMILES string of the molecule is COc1ccc(F)cc1C(=O)N(Cc1cccs1)C1CC1. The normalized spacial score (nSPS) is 14.0. The predicted molar refractivity (Wildman–Crippen MR) is 80.2 cm³/mol. The topological polar surface area (TPSA) is 29.5 Å². The second-order valence-corrected chi connectivity index (χ2v) is 6.12. The monoisotopic (exact) mass is 305 g/mol. The molecule has 1 fully saturated rings. The number of thiophene rings is 1. The van der Waals surface area contributed by atoms with Gasteiger partial charge in [0.15, 0.2) is 0 Å². The van der Waals surface area contributed by atoms with E-state index in [2.05, 4.69) is 0 Å². The summed E-state index contributed by atoms with van der Waals surface area (Å²) in [6, 6.07) is 8.29. The van der Waals surface area contributed by atoms with Gasteiger partial charge in [-0.05, 0) is 42.5 Å². The maximum Gasteiger partial charge on any atom is 0.258 e. The average Bonchev–Trinajstić information content (AvgIpc) is 3.20. The van der Waals surface area contributed by atoms with E-state index in [1.54, 1.807) is 11.3 Å². The second kappa shape index (κ2) is 5.85. The number of hydrogen-bond acceptors (Lipinski definition) is 3. The molecule has 1 aliphatic carbocycles. The number of nitrogens with zero attached hydrogens (tertiary/aromatic N) is 1. The molecule has 110 valence electrons. The number of hydrogen-bond donors (Lipinski definition) is 0. The zero-order valence-corrected chi connectivity index (χ0v) is 12.5. The van der Waals surface area contributed by atoms with Crippen LogP contribution in [-0.4, -0.2) is 24.0 Å². The third kappa shape index (κ3) is 3.08. The Morgan fingerprint density at radius 1 is 1.43 bits per heavy atom. The van der Waals surface area contributed by atoms with E-state index in [4.69, 9.17) is 4.74 Å². The van der Waals surface area contributed by atoms with Crippen LogP contribution in [0.5, 0.6) is 5.75 Å². The van der Waals surface area contributed by atoms with Gasteiger partial charge in [0.2, 0.25) is 0 Å². The Morgan fingerprint density at radius 2 is 2.24 bits per heavy atom. The first-order valence-corrected chi connectivity index (χ1v) is 7.74. The Morgan fingerprint density at radius 3 is 2.86 bits per heavy atom. The van der Waals surface area contributed by atoms with Crippen LogP contribution < -0.4 is 4.74 Å². The van der Waals surface area contributed by atoms with Crippen molar-refractivity contribution >= 4 is 17.2 Å². The lowest BCUT2D eigenvalue weighted by Gasteiger charge is -2.23. The molecule has 3 rings (SSSR count). The Bertz CT molecular complexity index is 638. The van der Waals surface area contributed by atoms with E-state index in [0.29, 0.717) is 17.9 Å². The molecule has 0 spiro atoms. The minimum atomic E-state index is -0.425. The number of ether oxygens (including phenoxy) is 1. The molecule has 1 heterocycles. The number of benzene rings is 1. The summed E-state index contributed by atoms with van der Waals surface area (Å²) in [5, 5.41) is 1.99. The van der Waals surface area contributed by atoms with Crippen molar-refractivity contribution in [3.05, 3.63) is 52.0 Å². The first-order chi connectivity index (χ1) is 10.2. The van der Waals surface area contributed by atoms with Crippen LogP contribution in [-0.2, 0) is 6.54 Å². The first-order valence-electron chi connectivity index (χ1n) is 6.86. The van der Waals surface area contributed by atoms with E-state index in [1.165, 1.54) is 25.3 Å². The van der Waals surface area contributed by atoms with E-state index < -0.39 is 5.82 Å². The molecular weight excluding hydrogens is 289 g/mol. The molecule has 0 bridgehead atoms. The van der Waals surface area contributed by atoms with Gasteiger partial charge in [-0.25, -0.2) is 4.39 Å².